The molecular formula is C23H25N5O2. The maximum atomic E-state index is 12.4. The minimum atomic E-state index is -0.0655. The molecule has 4 aromatic rings. The predicted octanol–water partition coefficient (Wildman–Crippen LogP) is 4.94. The van der Waals surface area contributed by atoms with Crippen molar-refractivity contribution >= 4 is 22.6 Å². The fraction of sp³-hybridized carbons (Fsp3) is 0.261. The lowest BCUT2D eigenvalue weighted by molar-refractivity contribution is -0.116. The van der Waals surface area contributed by atoms with Crippen molar-refractivity contribution < 1.29 is 9.53 Å². The molecule has 0 aliphatic rings. The SMILES string of the molecule is Cc1nn(C(C)C)c2cnn(CCC(=O)Nc3ccc(Oc4ccccc4)cc3)c12. The highest BCUT2D eigenvalue weighted by atomic mass is 16.5. The quantitative estimate of drug-likeness (QED) is 0.474. The topological polar surface area (TPSA) is 74.0 Å². The molecule has 0 atom stereocenters. The van der Waals surface area contributed by atoms with Crippen molar-refractivity contribution in [3.8, 4) is 11.5 Å². The first-order valence-electron chi connectivity index (χ1n) is 10.0. The molecule has 30 heavy (non-hydrogen) atoms. The number of aryl methyl sites for hydroxylation is 2. The van der Waals surface area contributed by atoms with E-state index < -0.39 is 0 Å². The van der Waals surface area contributed by atoms with Crippen LogP contribution < -0.4 is 10.1 Å². The zero-order valence-corrected chi connectivity index (χ0v) is 17.4. The van der Waals surface area contributed by atoms with Crippen LogP contribution in [-0.4, -0.2) is 25.5 Å². The van der Waals surface area contributed by atoms with Gasteiger partial charge in [-0.25, -0.2) is 0 Å². The van der Waals surface area contributed by atoms with Crippen LogP contribution in [0.3, 0.4) is 0 Å². The van der Waals surface area contributed by atoms with Gasteiger partial charge in [0.1, 0.15) is 22.5 Å². The summed E-state index contributed by atoms with van der Waals surface area (Å²) in [5.74, 6) is 1.43. The Bertz CT molecular complexity index is 1140. The molecular weight excluding hydrogens is 378 g/mol. The molecule has 7 heteroatoms. The fourth-order valence-corrected chi connectivity index (χ4v) is 3.40. The van der Waals surface area contributed by atoms with E-state index in [-0.39, 0.29) is 11.9 Å². The average Bonchev–Trinajstić information content (AvgIpc) is 3.30. The number of amides is 1. The van der Waals surface area contributed by atoms with Crippen LogP contribution in [0.5, 0.6) is 11.5 Å². The summed E-state index contributed by atoms with van der Waals surface area (Å²) < 4.78 is 9.59. The maximum Gasteiger partial charge on any atom is 0.226 e. The molecule has 0 bridgehead atoms. The molecule has 0 aliphatic heterocycles. The number of benzene rings is 2. The standard InChI is InChI=1S/C23H25N5O2/c1-16(2)28-21-15-24-27(23(21)17(3)26-28)14-13-22(29)25-18-9-11-20(12-10-18)30-19-7-5-4-6-8-19/h4-12,15-16H,13-14H2,1-3H3,(H,25,29). The molecule has 4 rings (SSSR count). The second kappa shape index (κ2) is 8.41. The Morgan fingerprint density at radius 1 is 1.07 bits per heavy atom. The summed E-state index contributed by atoms with van der Waals surface area (Å²) in [4.78, 5) is 12.4. The summed E-state index contributed by atoms with van der Waals surface area (Å²) in [6.45, 7) is 6.65. The van der Waals surface area contributed by atoms with E-state index in [0.29, 0.717) is 13.0 Å². The largest absolute Gasteiger partial charge is 0.457 e. The number of fused-ring (bicyclic) bond motifs is 1. The molecule has 2 aromatic heterocycles. The highest BCUT2D eigenvalue weighted by Gasteiger charge is 2.15. The summed E-state index contributed by atoms with van der Waals surface area (Å²) >= 11 is 0. The molecule has 1 N–H and O–H groups in total. The van der Waals surface area contributed by atoms with Crippen molar-refractivity contribution in [3.05, 3.63) is 66.5 Å². The van der Waals surface area contributed by atoms with Crippen LogP contribution in [0.15, 0.2) is 60.8 Å². The van der Waals surface area contributed by atoms with Crippen LogP contribution in [0.25, 0.3) is 11.0 Å². The van der Waals surface area contributed by atoms with Crippen molar-refractivity contribution in [1.29, 1.82) is 0 Å². The zero-order chi connectivity index (χ0) is 21.1. The number of hydrogen-bond donors (Lipinski definition) is 1. The van der Waals surface area contributed by atoms with E-state index in [0.717, 1.165) is 33.9 Å². The molecule has 0 unspecified atom stereocenters. The molecule has 154 valence electrons. The van der Waals surface area contributed by atoms with Gasteiger partial charge in [0.25, 0.3) is 0 Å². The maximum absolute atomic E-state index is 12.4. The van der Waals surface area contributed by atoms with Gasteiger partial charge in [0.05, 0.1) is 18.4 Å². The second-order valence-corrected chi connectivity index (χ2v) is 7.46. The zero-order valence-electron chi connectivity index (χ0n) is 17.4. The molecule has 2 aromatic carbocycles. The summed E-state index contributed by atoms with van der Waals surface area (Å²) in [7, 11) is 0. The molecule has 0 saturated heterocycles. The van der Waals surface area contributed by atoms with Gasteiger partial charge >= 0.3 is 0 Å². The smallest absolute Gasteiger partial charge is 0.226 e. The van der Waals surface area contributed by atoms with Gasteiger partial charge in [0.15, 0.2) is 0 Å². The third kappa shape index (κ3) is 4.20. The minimum Gasteiger partial charge on any atom is -0.457 e. The summed E-state index contributed by atoms with van der Waals surface area (Å²) in [6, 6.07) is 17.2. The minimum absolute atomic E-state index is 0.0655. The molecule has 2 heterocycles. The number of aromatic nitrogens is 4. The Hall–Kier alpha value is -3.61. The molecule has 7 nitrogen and oxygen atoms in total. The third-order valence-corrected chi connectivity index (χ3v) is 4.82. The Labute approximate surface area is 175 Å². The Morgan fingerprint density at radius 2 is 1.77 bits per heavy atom. The molecule has 0 spiro atoms. The van der Waals surface area contributed by atoms with E-state index in [4.69, 9.17) is 4.74 Å². The van der Waals surface area contributed by atoms with E-state index in [2.05, 4.69) is 29.4 Å². The van der Waals surface area contributed by atoms with Crippen LogP contribution in [0.2, 0.25) is 0 Å². The number of nitrogens with zero attached hydrogens (tertiary/aromatic N) is 4. The first-order chi connectivity index (χ1) is 14.5. The Kier molecular flexibility index (Phi) is 5.52. The van der Waals surface area contributed by atoms with Gasteiger partial charge in [-0.2, -0.15) is 10.2 Å². The molecule has 0 radical (unpaired) electrons. The highest BCUT2D eigenvalue weighted by molar-refractivity contribution is 5.90. The van der Waals surface area contributed by atoms with E-state index in [9.17, 15) is 4.79 Å². The number of hydrogen-bond acceptors (Lipinski definition) is 4. The number of anilines is 1. The Balaban J connectivity index is 1.36. The Morgan fingerprint density at radius 3 is 2.47 bits per heavy atom. The van der Waals surface area contributed by atoms with Crippen LogP contribution in [0, 0.1) is 6.92 Å². The van der Waals surface area contributed by atoms with Gasteiger partial charge in [0, 0.05) is 18.2 Å². The van der Waals surface area contributed by atoms with Gasteiger partial charge in [-0.1, -0.05) is 18.2 Å². The van der Waals surface area contributed by atoms with Crippen molar-refractivity contribution in [2.24, 2.45) is 0 Å². The summed E-state index contributed by atoms with van der Waals surface area (Å²) in [6.07, 6.45) is 2.14. The van der Waals surface area contributed by atoms with Gasteiger partial charge < -0.3 is 10.1 Å². The third-order valence-electron chi connectivity index (χ3n) is 4.82. The van der Waals surface area contributed by atoms with Crippen molar-refractivity contribution in [3.63, 3.8) is 0 Å². The number of para-hydroxylation sites is 1. The lowest BCUT2D eigenvalue weighted by Crippen LogP contribution is -2.15. The first-order valence-corrected chi connectivity index (χ1v) is 10.0. The highest BCUT2D eigenvalue weighted by Crippen LogP contribution is 2.23. The molecule has 0 aliphatic carbocycles. The van der Waals surface area contributed by atoms with Crippen molar-refractivity contribution in [2.75, 3.05) is 5.32 Å². The fourth-order valence-electron chi connectivity index (χ4n) is 3.40. The van der Waals surface area contributed by atoms with E-state index >= 15 is 0 Å². The normalized spacial score (nSPS) is 11.2. The number of carbonyl (C=O) groups is 1. The summed E-state index contributed by atoms with van der Waals surface area (Å²) in [5, 5.41) is 12.0. The second-order valence-electron chi connectivity index (χ2n) is 7.46. The van der Waals surface area contributed by atoms with E-state index in [1.165, 1.54) is 0 Å². The average molecular weight is 403 g/mol. The van der Waals surface area contributed by atoms with Crippen LogP contribution >= 0.6 is 0 Å². The molecule has 0 saturated carbocycles. The lowest BCUT2D eigenvalue weighted by atomic mass is 10.3. The molecule has 1 amide bonds. The van der Waals surface area contributed by atoms with Crippen LogP contribution in [0.1, 0.15) is 32.0 Å². The van der Waals surface area contributed by atoms with Gasteiger partial charge in [0.2, 0.25) is 5.91 Å². The van der Waals surface area contributed by atoms with Crippen molar-refractivity contribution in [2.45, 2.75) is 39.8 Å². The monoisotopic (exact) mass is 403 g/mol. The lowest BCUT2D eigenvalue weighted by Gasteiger charge is -2.08. The van der Waals surface area contributed by atoms with Crippen LogP contribution in [-0.2, 0) is 11.3 Å². The number of carbonyl (C=O) groups excluding carboxylic acids is 1. The number of ether oxygens (including phenoxy) is 1. The first kappa shape index (κ1) is 19.7. The van der Waals surface area contributed by atoms with Crippen LogP contribution in [0.4, 0.5) is 5.69 Å². The summed E-state index contributed by atoms with van der Waals surface area (Å²) in [5.41, 5.74) is 3.64. The number of rotatable bonds is 7. The van der Waals surface area contributed by atoms with Gasteiger partial charge in [-0.05, 0) is 57.2 Å². The predicted molar refractivity (Wildman–Crippen MR) is 117 cm³/mol. The molecule has 0 fully saturated rings. The van der Waals surface area contributed by atoms with E-state index in [1.807, 2.05) is 77.1 Å². The van der Waals surface area contributed by atoms with Crippen molar-refractivity contribution in [1.82, 2.24) is 19.6 Å². The van der Waals surface area contributed by atoms with Gasteiger partial charge in [-0.3, -0.25) is 14.2 Å². The van der Waals surface area contributed by atoms with E-state index in [1.54, 1.807) is 0 Å². The number of nitrogens with one attached hydrogen (secondary N) is 1. The van der Waals surface area contributed by atoms with Gasteiger partial charge in [-0.15, -0.1) is 0 Å².